The maximum atomic E-state index is 12.7. The topological polar surface area (TPSA) is 78.9 Å². The van der Waals surface area contributed by atoms with Gasteiger partial charge in [-0.3, -0.25) is 14.4 Å². The summed E-state index contributed by atoms with van der Waals surface area (Å²) in [7, 11) is 0. The highest BCUT2D eigenvalue weighted by Gasteiger charge is 2.19. The van der Waals surface area contributed by atoms with E-state index in [2.05, 4.69) is 69.4 Å². The van der Waals surface area contributed by atoms with E-state index in [0.29, 0.717) is 12.8 Å². The summed E-state index contributed by atoms with van der Waals surface area (Å²) in [5.74, 6) is -1.04. The first-order valence-corrected chi connectivity index (χ1v) is 25.3. The molecule has 1 atom stereocenters. The van der Waals surface area contributed by atoms with Crippen LogP contribution in [-0.2, 0) is 28.6 Å². The van der Waals surface area contributed by atoms with Crippen LogP contribution in [0, 0.1) is 0 Å². The molecule has 346 valence electrons. The van der Waals surface area contributed by atoms with Crippen molar-refractivity contribution in [2.45, 2.75) is 252 Å². The molecule has 1 unspecified atom stereocenters. The van der Waals surface area contributed by atoms with Gasteiger partial charge in [-0.1, -0.05) is 242 Å². The second-order valence-corrected chi connectivity index (χ2v) is 16.7. The van der Waals surface area contributed by atoms with Gasteiger partial charge in [0.05, 0.1) is 6.42 Å². The van der Waals surface area contributed by atoms with E-state index in [4.69, 9.17) is 14.2 Å². The molecular weight excluding hydrogens is 745 g/mol. The molecule has 0 saturated carbocycles. The molecule has 0 aromatic rings. The SMILES string of the molecule is CC/C=C\C/C=C\C/C=C\C/C=C\C/C=C\CC(=O)OC(COC(=O)CCCCCCCCCCC)COC(=O)CCCCCCCCCCCCCCCCCCCC. The van der Waals surface area contributed by atoms with Gasteiger partial charge in [0.15, 0.2) is 6.10 Å². The molecule has 0 aliphatic rings. The van der Waals surface area contributed by atoms with Gasteiger partial charge < -0.3 is 14.2 Å². The minimum Gasteiger partial charge on any atom is -0.462 e. The first kappa shape index (κ1) is 57.1. The Bertz CT molecular complexity index is 1100. The van der Waals surface area contributed by atoms with Crippen LogP contribution in [0.25, 0.3) is 0 Å². The lowest BCUT2D eigenvalue weighted by atomic mass is 10.0. The summed E-state index contributed by atoms with van der Waals surface area (Å²) in [5, 5.41) is 0. The van der Waals surface area contributed by atoms with Crippen molar-refractivity contribution in [1.82, 2.24) is 0 Å². The average molecular weight is 839 g/mol. The number of unbranched alkanes of at least 4 members (excludes halogenated alkanes) is 25. The summed E-state index contributed by atoms with van der Waals surface area (Å²) < 4.78 is 16.6. The Kier molecular flexibility index (Phi) is 46.4. The lowest BCUT2D eigenvalue weighted by Crippen LogP contribution is -2.30. The highest BCUT2D eigenvalue weighted by atomic mass is 16.6. The van der Waals surface area contributed by atoms with Crippen molar-refractivity contribution < 1.29 is 28.6 Å². The van der Waals surface area contributed by atoms with Gasteiger partial charge in [0.25, 0.3) is 0 Å². The summed E-state index contributed by atoms with van der Waals surface area (Å²) in [6.45, 7) is 6.43. The predicted octanol–water partition coefficient (Wildman–Crippen LogP) is 16.5. The number of rotatable bonds is 45. The Morgan fingerprint density at radius 3 is 0.950 bits per heavy atom. The van der Waals surface area contributed by atoms with Crippen molar-refractivity contribution in [1.29, 1.82) is 0 Å². The van der Waals surface area contributed by atoms with Crippen molar-refractivity contribution in [3.05, 3.63) is 60.8 Å². The van der Waals surface area contributed by atoms with Crippen LogP contribution in [-0.4, -0.2) is 37.2 Å². The molecule has 60 heavy (non-hydrogen) atoms. The number of carbonyl (C=O) groups excluding carboxylic acids is 3. The van der Waals surface area contributed by atoms with Crippen molar-refractivity contribution >= 4 is 17.9 Å². The Balaban J connectivity index is 4.40. The molecule has 6 nitrogen and oxygen atoms in total. The molecule has 0 N–H and O–H groups in total. The van der Waals surface area contributed by atoms with E-state index in [-0.39, 0.29) is 31.6 Å². The minimum absolute atomic E-state index is 0.101. The zero-order valence-electron chi connectivity index (χ0n) is 39.5. The molecule has 0 aromatic carbocycles. The fourth-order valence-electron chi connectivity index (χ4n) is 7.05. The Labute approximate surface area is 370 Å². The quantitative estimate of drug-likeness (QED) is 0.0263. The molecule has 6 heteroatoms. The molecule has 0 aromatic heterocycles. The van der Waals surface area contributed by atoms with Crippen molar-refractivity contribution in [2.75, 3.05) is 13.2 Å². The largest absolute Gasteiger partial charge is 0.462 e. The zero-order valence-corrected chi connectivity index (χ0v) is 39.5. The molecule has 0 amide bonds. The van der Waals surface area contributed by atoms with E-state index < -0.39 is 12.1 Å². The number of allylic oxidation sites excluding steroid dienone is 9. The van der Waals surface area contributed by atoms with E-state index in [1.165, 1.54) is 135 Å². The summed E-state index contributed by atoms with van der Waals surface area (Å²) in [4.78, 5) is 37.8. The normalized spacial score (nSPS) is 12.5. The Morgan fingerprint density at radius 2 is 0.633 bits per heavy atom. The predicted molar refractivity (Wildman–Crippen MR) is 256 cm³/mol. The van der Waals surface area contributed by atoms with Gasteiger partial charge in [-0.2, -0.15) is 0 Å². The van der Waals surface area contributed by atoms with Gasteiger partial charge in [-0.15, -0.1) is 0 Å². The molecular formula is C54H94O6. The average Bonchev–Trinajstić information content (AvgIpc) is 3.24. The van der Waals surface area contributed by atoms with E-state index >= 15 is 0 Å². The van der Waals surface area contributed by atoms with Gasteiger partial charge in [-0.25, -0.2) is 0 Å². The van der Waals surface area contributed by atoms with Crippen LogP contribution in [0.1, 0.15) is 245 Å². The summed E-state index contributed by atoms with van der Waals surface area (Å²) >= 11 is 0. The number of esters is 3. The molecule has 0 saturated heterocycles. The van der Waals surface area contributed by atoms with Crippen LogP contribution in [0.5, 0.6) is 0 Å². The van der Waals surface area contributed by atoms with E-state index in [1.807, 2.05) is 6.08 Å². The maximum absolute atomic E-state index is 12.7. The molecule has 0 spiro atoms. The summed E-state index contributed by atoms with van der Waals surface area (Å²) in [6.07, 6.45) is 59.5. The van der Waals surface area contributed by atoms with Gasteiger partial charge >= 0.3 is 17.9 Å². The van der Waals surface area contributed by atoms with Crippen molar-refractivity contribution in [3.63, 3.8) is 0 Å². The van der Waals surface area contributed by atoms with E-state index in [1.54, 1.807) is 6.08 Å². The third-order valence-electron chi connectivity index (χ3n) is 10.8. The monoisotopic (exact) mass is 839 g/mol. The van der Waals surface area contributed by atoms with Crippen molar-refractivity contribution in [2.24, 2.45) is 0 Å². The lowest BCUT2D eigenvalue weighted by molar-refractivity contribution is -0.166. The molecule has 0 bridgehead atoms. The second kappa shape index (κ2) is 48.8. The number of ether oxygens (including phenoxy) is 3. The van der Waals surface area contributed by atoms with Gasteiger partial charge in [-0.05, 0) is 44.9 Å². The molecule has 0 aliphatic carbocycles. The van der Waals surface area contributed by atoms with Crippen LogP contribution in [0.2, 0.25) is 0 Å². The lowest BCUT2D eigenvalue weighted by Gasteiger charge is -2.18. The molecule has 0 aliphatic heterocycles. The van der Waals surface area contributed by atoms with Crippen LogP contribution in [0.15, 0.2) is 60.8 Å². The summed E-state index contributed by atoms with van der Waals surface area (Å²) in [5.41, 5.74) is 0. The van der Waals surface area contributed by atoms with E-state index in [0.717, 1.165) is 70.6 Å². The highest BCUT2D eigenvalue weighted by molar-refractivity contribution is 5.72. The Hall–Kier alpha value is -2.89. The van der Waals surface area contributed by atoms with Gasteiger partial charge in [0.1, 0.15) is 13.2 Å². The third kappa shape index (κ3) is 46.2. The highest BCUT2D eigenvalue weighted by Crippen LogP contribution is 2.15. The van der Waals surface area contributed by atoms with Crippen LogP contribution >= 0.6 is 0 Å². The fraction of sp³-hybridized carbons (Fsp3) is 0.759. The fourth-order valence-corrected chi connectivity index (χ4v) is 7.05. The minimum atomic E-state index is -0.823. The van der Waals surface area contributed by atoms with Crippen LogP contribution in [0.4, 0.5) is 0 Å². The molecule has 0 radical (unpaired) electrons. The first-order valence-electron chi connectivity index (χ1n) is 25.3. The van der Waals surface area contributed by atoms with Crippen molar-refractivity contribution in [3.8, 4) is 0 Å². The first-order chi connectivity index (χ1) is 29.5. The van der Waals surface area contributed by atoms with Crippen LogP contribution < -0.4 is 0 Å². The Morgan fingerprint density at radius 1 is 0.350 bits per heavy atom. The number of carbonyl (C=O) groups is 3. The van der Waals surface area contributed by atoms with Gasteiger partial charge in [0.2, 0.25) is 0 Å². The number of hydrogen-bond acceptors (Lipinski definition) is 6. The summed E-state index contributed by atoms with van der Waals surface area (Å²) in [6, 6.07) is 0. The van der Waals surface area contributed by atoms with Gasteiger partial charge in [0, 0.05) is 12.8 Å². The smallest absolute Gasteiger partial charge is 0.310 e. The zero-order chi connectivity index (χ0) is 43.7. The number of hydrogen-bond donors (Lipinski definition) is 0. The standard InChI is InChI=1S/C54H94O6/c1-4-7-10-13-16-19-21-23-25-26-27-29-30-32-35-38-41-44-47-53(56)59-50-51(49-58-52(55)46-43-40-37-34-18-15-12-9-6-3)60-54(57)48-45-42-39-36-33-31-28-24-22-20-17-14-11-8-5-2/h8,11,17,20,24,28,33,36,42,45,51H,4-7,9-10,12-16,18-19,21-23,25-27,29-32,34-35,37-41,43-44,46-50H2,1-3H3/b11-8-,20-17-,28-24-,36-33-,45-42-. The third-order valence-corrected chi connectivity index (χ3v) is 10.8. The second-order valence-electron chi connectivity index (χ2n) is 16.7. The molecule has 0 fully saturated rings. The van der Waals surface area contributed by atoms with E-state index in [9.17, 15) is 14.4 Å². The van der Waals surface area contributed by atoms with Crippen LogP contribution in [0.3, 0.4) is 0 Å². The maximum Gasteiger partial charge on any atom is 0.310 e. The molecule has 0 rings (SSSR count). The molecule has 0 heterocycles.